The van der Waals surface area contributed by atoms with Crippen molar-refractivity contribution in [2.45, 2.75) is 58.8 Å². The minimum absolute atomic E-state index is 0.708. The first kappa shape index (κ1) is 36.2. The van der Waals surface area contributed by atoms with E-state index < -0.39 is 0 Å². The van der Waals surface area contributed by atoms with Crippen LogP contribution in [0.2, 0.25) is 0 Å². The van der Waals surface area contributed by atoms with Gasteiger partial charge in [-0.05, 0) is 92.4 Å². The van der Waals surface area contributed by atoms with Gasteiger partial charge in [0, 0.05) is 77.9 Å². The highest BCUT2D eigenvalue weighted by molar-refractivity contribution is 6.01. The number of nitrogens with one attached hydrogen (secondary N) is 3. The SMILES string of the molecule is CC1=CC(=Nc2ccc(N)cc2Nc2ccccc2)CC=C1NCCCCCCCCNc1cc2c(cc1C)nc1ccc(N)cc1[n+]2-c1ccccc1. The van der Waals surface area contributed by atoms with Gasteiger partial charge < -0.3 is 27.4 Å². The zero-order valence-electron chi connectivity index (χ0n) is 31.4. The smallest absolute Gasteiger partial charge is 0.239 e. The molecular weight excluding hydrogens is 665 g/mol. The maximum Gasteiger partial charge on any atom is 0.239 e. The Morgan fingerprint density at radius 1 is 0.667 bits per heavy atom. The molecule has 0 saturated heterocycles. The molecule has 0 unspecified atom stereocenters. The Hall–Kier alpha value is -6.15. The number of aromatic nitrogens is 2. The quantitative estimate of drug-likeness (QED) is 0.0313. The molecule has 7 rings (SSSR count). The van der Waals surface area contributed by atoms with Crippen molar-refractivity contribution >= 4 is 61.9 Å². The minimum atomic E-state index is 0.708. The van der Waals surface area contributed by atoms with Crippen molar-refractivity contribution in [3.05, 3.63) is 138 Å². The van der Waals surface area contributed by atoms with E-state index in [1.54, 1.807) is 0 Å². The van der Waals surface area contributed by atoms with Crippen LogP contribution in [0.1, 0.15) is 57.4 Å². The molecule has 1 aromatic heterocycles. The fourth-order valence-electron chi connectivity index (χ4n) is 7.10. The Bertz CT molecular complexity index is 2330. The Morgan fingerprint density at radius 2 is 1.33 bits per heavy atom. The van der Waals surface area contributed by atoms with Gasteiger partial charge in [-0.1, -0.05) is 68.2 Å². The van der Waals surface area contributed by atoms with Crippen LogP contribution >= 0.6 is 0 Å². The van der Waals surface area contributed by atoms with E-state index in [4.69, 9.17) is 21.4 Å². The molecule has 1 aliphatic carbocycles. The molecule has 1 aliphatic rings. The lowest BCUT2D eigenvalue weighted by Crippen LogP contribution is -2.33. The molecule has 6 aromatic rings. The molecule has 0 radical (unpaired) electrons. The third kappa shape index (κ3) is 8.89. The summed E-state index contributed by atoms with van der Waals surface area (Å²) < 4.78 is 2.27. The maximum atomic E-state index is 6.22. The van der Waals surface area contributed by atoms with E-state index in [0.29, 0.717) is 5.69 Å². The molecule has 0 fully saturated rings. The van der Waals surface area contributed by atoms with Crippen LogP contribution in [-0.4, -0.2) is 23.8 Å². The van der Waals surface area contributed by atoms with E-state index >= 15 is 0 Å². The van der Waals surface area contributed by atoms with E-state index in [-0.39, 0.29) is 0 Å². The standard InChI is InChI=1S/C46H50N8/c1-32-27-37(52-40-22-19-34(47)29-43(40)51-36-15-9-7-10-16-36)21-24-39(32)49-25-13-5-3-4-6-14-26-50-42-31-46-44(28-33(42)2)53-41-23-20-35(48)30-45(41)54(46)38-17-11-8-12-18-38/h7-12,15-20,22-24,27-31,49,51H,3-6,13-14,21,25-26,47H2,1-2H3,(H2,48,50)/p+1. The van der Waals surface area contributed by atoms with Gasteiger partial charge in [0.15, 0.2) is 0 Å². The third-order valence-corrected chi connectivity index (χ3v) is 9.95. The molecular formula is C46H51N8+. The van der Waals surface area contributed by atoms with Gasteiger partial charge in [0.05, 0.1) is 11.4 Å². The van der Waals surface area contributed by atoms with Crippen LogP contribution in [0.4, 0.5) is 34.1 Å². The molecule has 0 amide bonds. The normalized spacial score (nSPS) is 13.6. The molecule has 274 valence electrons. The van der Waals surface area contributed by atoms with Gasteiger partial charge in [-0.15, -0.1) is 4.57 Å². The van der Waals surface area contributed by atoms with Gasteiger partial charge >= 0.3 is 0 Å². The average Bonchev–Trinajstić information content (AvgIpc) is 3.17. The number of hydrogen-bond donors (Lipinski definition) is 5. The molecule has 0 aliphatic heterocycles. The highest BCUT2D eigenvalue weighted by atomic mass is 15.0. The number of aryl methyl sites for hydroxylation is 1. The largest absolute Gasteiger partial charge is 0.399 e. The third-order valence-electron chi connectivity index (χ3n) is 9.95. The van der Waals surface area contributed by atoms with Gasteiger partial charge in [-0.3, -0.25) is 4.99 Å². The van der Waals surface area contributed by atoms with Crippen LogP contribution in [0.5, 0.6) is 0 Å². The number of anilines is 5. The number of allylic oxidation sites excluding steroid dienone is 3. The van der Waals surface area contributed by atoms with Crippen molar-refractivity contribution in [1.82, 2.24) is 10.3 Å². The van der Waals surface area contributed by atoms with Crippen molar-refractivity contribution < 1.29 is 4.57 Å². The molecule has 8 nitrogen and oxygen atoms in total. The number of hydrogen-bond acceptors (Lipinski definition) is 7. The van der Waals surface area contributed by atoms with E-state index in [9.17, 15) is 0 Å². The van der Waals surface area contributed by atoms with Crippen molar-refractivity contribution in [2.75, 3.05) is 35.2 Å². The second-order valence-electron chi connectivity index (χ2n) is 14.2. The lowest BCUT2D eigenvalue weighted by Gasteiger charge is -2.17. The second kappa shape index (κ2) is 17.1. The summed E-state index contributed by atoms with van der Waals surface area (Å²) >= 11 is 0. The predicted molar refractivity (Wildman–Crippen MR) is 228 cm³/mol. The van der Waals surface area contributed by atoms with Crippen molar-refractivity contribution in [3.63, 3.8) is 0 Å². The summed E-state index contributed by atoms with van der Waals surface area (Å²) in [6.07, 6.45) is 12.5. The Labute approximate surface area is 318 Å². The first-order valence-electron chi connectivity index (χ1n) is 19.2. The summed E-state index contributed by atoms with van der Waals surface area (Å²) in [5.74, 6) is 0. The second-order valence-corrected chi connectivity index (χ2v) is 14.2. The highest BCUT2D eigenvalue weighted by Crippen LogP contribution is 2.32. The summed E-state index contributed by atoms with van der Waals surface area (Å²) in [5.41, 5.74) is 27.4. The topological polar surface area (TPSA) is 117 Å². The average molecular weight is 716 g/mol. The van der Waals surface area contributed by atoms with Gasteiger partial charge in [-0.2, -0.15) is 0 Å². The fraction of sp³-hybridized carbons (Fsp3) is 0.239. The Balaban J connectivity index is 0.850. The summed E-state index contributed by atoms with van der Waals surface area (Å²) in [7, 11) is 0. The molecule has 0 atom stereocenters. The molecule has 0 bridgehead atoms. The number of fused-ring (bicyclic) bond motifs is 2. The highest BCUT2D eigenvalue weighted by Gasteiger charge is 2.21. The van der Waals surface area contributed by atoms with E-state index in [1.165, 1.54) is 42.5 Å². The summed E-state index contributed by atoms with van der Waals surface area (Å²) in [6, 6.07) is 36.7. The molecule has 54 heavy (non-hydrogen) atoms. The predicted octanol–water partition coefficient (Wildman–Crippen LogP) is 10.2. The molecule has 0 spiro atoms. The number of nitrogen functional groups attached to an aromatic ring is 2. The van der Waals surface area contributed by atoms with Crippen LogP contribution in [-0.2, 0) is 0 Å². The number of rotatable bonds is 15. The zero-order chi connectivity index (χ0) is 37.3. The lowest BCUT2D eigenvalue weighted by molar-refractivity contribution is -0.538. The fourth-order valence-corrected chi connectivity index (χ4v) is 7.10. The summed E-state index contributed by atoms with van der Waals surface area (Å²) in [4.78, 5) is 9.99. The van der Waals surface area contributed by atoms with Crippen molar-refractivity contribution in [1.29, 1.82) is 0 Å². The van der Waals surface area contributed by atoms with Gasteiger partial charge in [-0.25, -0.2) is 4.98 Å². The van der Waals surface area contributed by atoms with Crippen molar-refractivity contribution in [3.8, 4) is 5.69 Å². The van der Waals surface area contributed by atoms with Gasteiger partial charge in [0.1, 0.15) is 11.0 Å². The minimum Gasteiger partial charge on any atom is -0.399 e. The van der Waals surface area contributed by atoms with Gasteiger partial charge in [0.25, 0.3) is 0 Å². The van der Waals surface area contributed by atoms with Crippen LogP contribution in [0.15, 0.2) is 138 Å². The van der Waals surface area contributed by atoms with Crippen LogP contribution in [0, 0.1) is 6.92 Å². The monoisotopic (exact) mass is 715 g/mol. The number of para-hydroxylation sites is 2. The number of nitrogens with zero attached hydrogens (tertiary/aromatic N) is 3. The van der Waals surface area contributed by atoms with Crippen LogP contribution in [0.25, 0.3) is 27.8 Å². The van der Waals surface area contributed by atoms with Crippen LogP contribution < -0.4 is 32.0 Å². The van der Waals surface area contributed by atoms with Crippen molar-refractivity contribution in [2.24, 2.45) is 4.99 Å². The molecule has 8 heteroatoms. The first-order valence-corrected chi connectivity index (χ1v) is 19.2. The maximum absolute atomic E-state index is 6.22. The number of nitrogens with two attached hydrogens (primary N) is 2. The molecule has 0 saturated carbocycles. The zero-order valence-corrected chi connectivity index (χ0v) is 31.4. The van der Waals surface area contributed by atoms with Gasteiger partial charge in [0.2, 0.25) is 16.7 Å². The first-order chi connectivity index (χ1) is 26.4. The molecule has 5 aromatic carbocycles. The van der Waals surface area contributed by atoms with E-state index in [0.717, 1.165) is 94.3 Å². The van der Waals surface area contributed by atoms with E-state index in [2.05, 4.69) is 82.9 Å². The molecule has 7 N–H and O–H groups in total. The Morgan fingerprint density at radius 3 is 2.09 bits per heavy atom. The number of benzene rings is 5. The van der Waals surface area contributed by atoms with E-state index in [1.807, 2.05) is 72.8 Å². The summed E-state index contributed by atoms with van der Waals surface area (Å²) in [5, 5.41) is 10.9. The number of unbranched alkanes of at least 4 members (excludes halogenated alkanes) is 5. The Kier molecular flexibility index (Phi) is 11.5. The number of aliphatic imine (C=N–C) groups is 1. The summed E-state index contributed by atoms with van der Waals surface area (Å²) in [6.45, 7) is 6.24. The lowest BCUT2D eigenvalue weighted by atomic mass is 10.0. The molecule has 1 heterocycles. The van der Waals surface area contributed by atoms with Crippen LogP contribution in [0.3, 0.4) is 0 Å².